The molecule has 0 aliphatic carbocycles. The first-order valence-electron chi connectivity index (χ1n) is 7.13. The second-order valence-corrected chi connectivity index (χ2v) is 7.70. The van der Waals surface area contributed by atoms with E-state index in [0.717, 1.165) is 12.8 Å². The minimum Gasteiger partial charge on any atom is -0.481 e. The Hall–Kier alpha value is -1.40. The maximum absolute atomic E-state index is 12.6. The number of benzene rings is 1. The number of piperidine rings is 1. The summed E-state index contributed by atoms with van der Waals surface area (Å²) in [6.45, 7) is 4.62. The summed E-state index contributed by atoms with van der Waals surface area (Å²) >= 11 is 0. The van der Waals surface area contributed by atoms with Crippen molar-refractivity contribution in [1.29, 1.82) is 0 Å². The smallest absolute Gasteiger partial charge is 0.307 e. The van der Waals surface area contributed by atoms with Gasteiger partial charge in [0.15, 0.2) is 0 Å². The van der Waals surface area contributed by atoms with Gasteiger partial charge in [-0.3, -0.25) is 4.79 Å². The topological polar surface area (TPSA) is 74.7 Å². The van der Waals surface area contributed by atoms with Crippen LogP contribution in [0.25, 0.3) is 0 Å². The highest BCUT2D eigenvalue weighted by atomic mass is 32.2. The number of hydrogen-bond acceptors (Lipinski definition) is 3. The van der Waals surface area contributed by atoms with Crippen LogP contribution in [0.5, 0.6) is 0 Å². The lowest BCUT2D eigenvalue weighted by molar-refractivity contribution is -0.136. The van der Waals surface area contributed by atoms with E-state index in [2.05, 4.69) is 6.92 Å². The molecule has 1 aliphatic rings. The molecule has 1 aromatic rings. The molecule has 6 heteroatoms. The summed E-state index contributed by atoms with van der Waals surface area (Å²) in [5.74, 6) is -0.381. The molecule has 1 aliphatic heterocycles. The third-order valence-corrected chi connectivity index (χ3v) is 5.99. The van der Waals surface area contributed by atoms with E-state index < -0.39 is 16.0 Å². The molecule has 0 spiro atoms. The average molecular weight is 311 g/mol. The molecule has 1 heterocycles. The van der Waals surface area contributed by atoms with E-state index in [4.69, 9.17) is 5.11 Å². The van der Waals surface area contributed by atoms with Crippen molar-refractivity contribution in [2.45, 2.75) is 44.0 Å². The van der Waals surface area contributed by atoms with E-state index in [-0.39, 0.29) is 17.4 Å². The van der Waals surface area contributed by atoms with Gasteiger partial charge in [0, 0.05) is 12.6 Å². The van der Waals surface area contributed by atoms with Crippen LogP contribution in [0.2, 0.25) is 0 Å². The Kier molecular flexibility index (Phi) is 4.68. The molecule has 0 saturated carbocycles. The van der Waals surface area contributed by atoms with Crippen LogP contribution in [-0.2, 0) is 21.2 Å². The van der Waals surface area contributed by atoms with Crippen molar-refractivity contribution in [3.05, 3.63) is 29.8 Å². The van der Waals surface area contributed by atoms with Gasteiger partial charge in [0.1, 0.15) is 0 Å². The highest BCUT2D eigenvalue weighted by Crippen LogP contribution is 2.28. The standard InChI is InChI=1S/C15H21NO4S/c1-11-7-8-16(12(2)9-11)21(19,20)14-5-3-13(4-6-14)10-15(17)18/h3-6,11-12H,7-10H2,1-2H3,(H,17,18). The molecule has 0 bridgehead atoms. The Morgan fingerprint density at radius 2 is 1.90 bits per heavy atom. The number of sulfonamides is 1. The number of rotatable bonds is 4. The third kappa shape index (κ3) is 3.63. The second-order valence-electron chi connectivity index (χ2n) is 5.81. The SMILES string of the molecule is CC1CCN(S(=O)(=O)c2ccc(CC(=O)O)cc2)C(C)C1. The van der Waals surface area contributed by atoms with Gasteiger partial charge in [-0.25, -0.2) is 8.42 Å². The first-order valence-corrected chi connectivity index (χ1v) is 8.57. The summed E-state index contributed by atoms with van der Waals surface area (Å²) in [7, 11) is -3.49. The fourth-order valence-electron chi connectivity index (χ4n) is 2.83. The molecule has 1 N–H and O–H groups in total. The first kappa shape index (κ1) is 16.0. The molecule has 21 heavy (non-hydrogen) atoms. The Labute approximate surface area is 125 Å². The van der Waals surface area contributed by atoms with Gasteiger partial charge in [-0.15, -0.1) is 0 Å². The fraction of sp³-hybridized carbons (Fsp3) is 0.533. The van der Waals surface area contributed by atoms with E-state index in [1.807, 2.05) is 6.92 Å². The van der Waals surface area contributed by atoms with Crippen LogP contribution < -0.4 is 0 Å². The summed E-state index contributed by atoms with van der Waals surface area (Å²) < 4.78 is 26.8. The van der Waals surface area contributed by atoms with Crippen molar-refractivity contribution in [2.24, 2.45) is 5.92 Å². The number of carboxylic acids is 1. The molecule has 0 amide bonds. The maximum atomic E-state index is 12.6. The molecule has 5 nitrogen and oxygen atoms in total. The molecule has 2 unspecified atom stereocenters. The number of nitrogens with zero attached hydrogens (tertiary/aromatic N) is 1. The van der Waals surface area contributed by atoms with Gasteiger partial charge < -0.3 is 5.11 Å². The van der Waals surface area contributed by atoms with Crippen molar-refractivity contribution in [3.63, 3.8) is 0 Å². The summed E-state index contributed by atoms with van der Waals surface area (Å²) in [5.41, 5.74) is 0.599. The van der Waals surface area contributed by atoms with Gasteiger partial charge in [-0.05, 0) is 43.4 Å². The zero-order valence-corrected chi connectivity index (χ0v) is 13.1. The quantitative estimate of drug-likeness (QED) is 0.924. The van der Waals surface area contributed by atoms with Crippen molar-refractivity contribution in [1.82, 2.24) is 4.31 Å². The lowest BCUT2D eigenvalue weighted by Gasteiger charge is -2.35. The predicted molar refractivity (Wildman–Crippen MR) is 79.5 cm³/mol. The van der Waals surface area contributed by atoms with Gasteiger partial charge >= 0.3 is 5.97 Å². The summed E-state index contributed by atoms with van der Waals surface area (Å²) in [6.07, 6.45) is 1.65. The minimum atomic E-state index is -3.49. The van der Waals surface area contributed by atoms with Gasteiger partial charge in [0.2, 0.25) is 10.0 Å². The van der Waals surface area contributed by atoms with Crippen LogP contribution in [0, 0.1) is 5.92 Å². The highest BCUT2D eigenvalue weighted by Gasteiger charge is 2.33. The number of carbonyl (C=O) groups is 1. The van der Waals surface area contributed by atoms with E-state index in [1.54, 1.807) is 16.4 Å². The monoisotopic (exact) mass is 311 g/mol. The molecular weight excluding hydrogens is 290 g/mol. The zero-order chi connectivity index (χ0) is 15.6. The van der Waals surface area contributed by atoms with Gasteiger partial charge in [0.05, 0.1) is 11.3 Å². The molecule has 2 rings (SSSR count). The van der Waals surface area contributed by atoms with E-state index in [9.17, 15) is 13.2 Å². The van der Waals surface area contributed by atoms with E-state index in [0.29, 0.717) is 18.0 Å². The lowest BCUT2D eigenvalue weighted by atomic mass is 9.95. The Morgan fingerprint density at radius 1 is 1.29 bits per heavy atom. The van der Waals surface area contributed by atoms with Crippen LogP contribution in [0.15, 0.2) is 29.2 Å². The lowest BCUT2D eigenvalue weighted by Crippen LogP contribution is -2.44. The van der Waals surface area contributed by atoms with Gasteiger partial charge in [-0.2, -0.15) is 4.31 Å². The second kappa shape index (κ2) is 6.15. The summed E-state index contributed by atoms with van der Waals surface area (Å²) in [4.78, 5) is 10.9. The van der Waals surface area contributed by atoms with E-state index >= 15 is 0 Å². The average Bonchev–Trinajstić information content (AvgIpc) is 2.38. The van der Waals surface area contributed by atoms with Crippen molar-refractivity contribution in [2.75, 3.05) is 6.54 Å². The number of hydrogen-bond donors (Lipinski definition) is 1. The normalized spacial score (nSPS) is 23.9. The first-order chi connectivity index (χ1) is 9.80. The number of carboxylic acid groups (broad SMARTS) is 1. The predicted octanol–water partition coefficient (Wildman–Crippen LogP) is 2.12. The molecule has 0 aromatic heterocycles. The summed E-state index contributed by atoms with van der Waals surface area (Å²) in [6, 6.07) is 6.13. The highest BCUT2D eigenvalue weighted by molar-refractivity contribution is 7.89. The fourth-order valence-corrected chi connectivity index (χ4v) is 4.49. The molecule has 116 valence electrons. The summed E-state index contributed by atoms with van der Waals surface area (Å²) in [5, 5.41) is 8.73. The van der Waals surface area contributed by atoms with E-state index in [1.165, 1.54) is 12.1 Å². The van der Waals surface area contributed by atoms with Crippen LogP contribution >= 0.6 is 0 Å². The minimum absolute atomic E-state index is 0.00236. The van der Waals surface area contributed by atoms with Crippen LogP contribution in [-0.4, -0.2) is 36.4 Å². The van der Waals surface area contributed by atoms with Crippen LogP contribution in [0.4, 0.5) is 0 Å². The Morgan fingerprint density at radius 3 is 2.43 bits per heavy atom. The Bertz CT molecular complexity index is 609. The largest absolute Gasteiger partial charge is 0.481 e. The van der Waals surface area contributed by atoms with Crippen molar-refractivity contribution in [3.8, 4) is 0 Å². The molecular formula is C15H21NO4S. The molecule has 1 fully saturated rings. The van der Waals surface area contributed by atoms with Crippen LogP contribution in [0.3, 0.4) is 0 Å². The molecule has 1 aromatic carbocycles. The zero-order valence-electron chi connectivity index (χ0n) is 12.3. The van der Waals surface area contributed by atoms with Crippen molar-refractivity contribution < 1.29 is 18.3 Å². The Balaban J connectivity index is 2.21. The van der Waals surface area contributed by atoms with Crippen molar-refractivity contribution >= 4 is 16.0 Å². The molecule has 2 atom stereocenters. The van der Waals surface area contributed by atoms with Gasteiger partial charge in [0.25, 0.3) is 0 Å². The molecule has 1 saturated heterocycles. The molecule has 0 radical (unpaired) electrons. The van der Waals surface area contributed by atoms with Crippen LogP contribution in [0.1, 0.15) is 32.3 Å². The number of aliphatic carboxylic acids is 1. The maximum Gasteiger partial charge on any atom is 0.307 e. The van der Waals surface area contributed by atoms with Gasteiger partial charge in [-0.1, -0.05) is 19.1 Å². The third-order valence-electron chi connectivity index (χ3n) is 3.96.